The van der Waals surface area contributed by atoms with Crippen LogP contribution in [0.25, 0.3) is 10.9 Å². The van der Waals surface area contributed by atoms with Gasteiger partial charge in [-0.25, -0.2) is 0 Å². The number of aromatic nitrogens is 4. The number of halogens is 1. The maximum Gasteiger partial charge on any atom is 0.0686 e. The number of hydrogen-bond donors (Lipinski definition) is 1. The minimum absolute atomic E-state index is 0.732. The van der Waals surface area contributed by atoms with Gasteiger partial charge in [0.15, 0.2) is 0 Å². The van der Waals surface area contributed by atoms with E-state index in [9.17, 15) is 0 Å². The third kappa shape index (κ3) is 1.92. The molecule has 0 radical (unpaired) electrons. The highest BCUT2D eigenvalue weighted by Crippen LogP contribution is 2.33. The average Bonchev–Trinajstić information content (AvgIpc) is 3.03. The molecule has 0 aliphatic carbocycles. The van der Waals surface area contributed by atoms with Crippen LogP contribution in [0.2, 0.25) is 5.02 Å². The number of nitrogens with zero attached hydrogens (tertiary/aromatic N) is 4. The molecule has 21 heavy (non-hydrogen) atoms. The van der Waals surface area contributed by atoms with Gasteiger partial charge in [-0.15, -0.1) is 0 Å². The lowest BCUT2D eigenvalue weighted by Crippen LogP contribution is -2.31. The Morgan fingerprint density at radius 2 is 2.19 bits per heavy atom. The number of H-pyrrole nitrogens is 1. The number of aryl methyl sites for hydroxylation is 2. The van der Waals surface area contributed by atoms with Crippen molar-refractivity contribution >= 4 is 28.2 Å². The molecule has 1 aliphatic rings. The molecule has 3 aromatic rings. The van der Waals surface area contributed by atoms with Gasteiger partial charge in [-0.2, -0.15) is 10.2 Å². The van der Waals surface area contributed by atoms with Crippen molar-refractivity contribution in [3.8, 4) is 0 Å². The van der Waals surface area contributed by atoms with Crippen LogP contribution >= 0.6 is 11.6 Å². The number of aromatic amines is 1. The van der Waals surface area contributed by atoms with Gasteiger partial charge in [0.05, 0.1) is 17.4 Å². The van der Waals surface area contributed by atoms with E-state index in [0.717, 1.165) is 46.8 Å². The molecule has 0 fully saturated rings. The smallest absolute Gasteiger partial charge is 0.0686 e. The van der Waals surface area contributed by atoms with Crippen molar-refractivity contribution in [2.24, 2.45) is 7.05 Å². The fourth-order valence-corrected chi connectivity index (χ4v) is 3.46. The lowest BCUT2D eigenvalue weighted by atomic mass is 10.0. The Kier molecular flexibility index (Phi) is 2.72. The summed E-state index contributed by atoms with van der Waals surface area (Å²) in [7, 11) is 2.02. The normalized spacial score (nSPS) is 14.7. The highest BCUT2D eigenvalue weighted by Gasteiger charge is 2.23. The molecule has 108 valence electrons. The predicted octanol–water partition coefficient (Wildman–Crippen LogP) is 2.82. The van der Waals surface area contributed by atoms with Gasteiger partial charge >= 0.3 is 0 Å². The number of hydrogen-bond acceptors (Lipinski definition) is 3. The van der Waals surface area contributed by atoms with E-state index >= 15 is 0 Å². The minimum atomic E-state index is 0.732. The van der Waals surface area contributed by atoms with E-state index in [4.69, 9.17) is 11.6 Å². The zero-order chi connectivity index (χ0) is 14.6. The molecule has 5 nitrogen and oxygen atoms in total. The van der Waals surface area contributed by atoms with E-state index < -0.39 is 0 Å². The Balaban J connectivity index is 1.80. The first kappa shape index (κ1) is 12.7. The van der Waals surface area contributed by atoms with Crippen LogP contribution in [0.5, 0.6) is 0 Å². The summed E-state index contributed by atoms with van der Waals surface area (Å²) in [4.78, 5) is 2.36. The van der Waals surface area contributed by atoms with Gasteiger partial charge in [0.25, 0.3) is 0 Å². The highest BCUT2D eigenvalue weighted by molar-refractivity contribution is 6.31. The molecule has 1 aromatic carbocycles. The maximum atomic E-state index is 6.24. The van der Waals surface area contributed by atoms with Crippen molar-refractivity contribution in [2.75, 3.05) is 11.4 Å². The first-order chi connectivity index (χ1) is 10.1. The molecular weight excluding hydrogens is 286 g/mol. The molecule has 0 unspecified atom stereocenters. The molecule has 0 saturated heterocycles. The number of anilines is 1. The Morgan fingerprint density at radius 3 is 3.05 bits per heavy atom. The molecule has 0 saturated carbocycles. The van der Waals surface area contributed by atoms with Gasteiger partial charge in [0, 0.05) is 53.9 Å². The SMILES string of the molecule is Cc1nn(C)c2c1CN(c1cc(Cl)cc3[nH]ncc13)CC2. The number of benzene rings is 1. The molecule has 6 heteroatoms. The van der Waals surface area contributed by atoms with E-state index in [0.29, 0.717) is 0 Å². The topological polar surface area (TPSA) is 49.7 Å². The summed E-state index contributed by atoms with van der Waals surface area (Å²) in [5, 5.41) is 13.5. The Hall–Kier alpha value is -2.01. The largest absolute Gasteiger partial charge is 0.366 e. The van der Waals surface area contributed by atoms with Crippen molar-refractivity contribution in [1.82, 2.24) is 20.0 Å². The molecule has 4 rings (SSSR count). The maximum absolute atomic E-state index is 6.24. The Labute approximate surface area is 127 Å². The zero-order valence-electron chi connectivity index (χ0n) is 12.0. The van der Waals surface area contributed by atoms with Gasteiger partial charge in [-0.1, -0.05) is 11.6 Å². The third-order valence-corrected chi connectivity index (χ3v) is 4.50. The Morgan fingerprint density at radius 1 is 1.33 bits per heavy atom. The van der Waals surface area contributed by atoms with Crippen LogP contribution in [0, 0.1) is 6.92 Å². The minimum Gasteiger partial charge on any atom is -0.366 e. The van der Waals surface area contributed by atoms with Crippen LogP contribution in [0.15, 0.2) is 18.3 Å². The number of fused-ring (bicyclic) bond motifs is 2. The van der Waals surface area contributed by atoms with Gasteiger partial charge in [0.2, 0.25) is 0 Å². The molecule has 2 aromatic heterocycles. The highest BCUT2D eigenvalue weighted by atomic mass is 35.5. The second-order valence-corrected chi connectivity index (χ2v) is 6.00. The summed E-state index contributed by atoms with van der Waals surface area (Å²) >= 11 is 6.24. The summed E-state index contributed by atoms with van der Waals surface area (Å²) in [6, 6.07) is 3.94. The van der Waals surface area contributed by atoms with Gasteiger partial charge in [-0.3, -0.25) is 9.78 Å². The summed E-state index contributed by atoms with van der Waals surface area (Å²) in [6.07, 6.45) is 2.87. The van der Waals surface area contributed by atoms with Crippen LogP contribution in [0.4, 0.5) is 5.69 Å². The number of nitrogens with one attached hydrogen (secondary N) is 1. The molecular formula is C15H16ClN5. The first-order valence-corrected chi connectivity index (χ1v) is 7.40. The molecule has 0 amide bonds. The fourth-order valence-electron chi connectivity index (χ4n) is 3.24. The predicted molar refractivity (Wildman–Crippen MR) is 83.8 cm³/mol. The molecule has 1 aliphatic heterocycles. The average molecular weight is 302 g/mol. The lowest BCUT2D eigenvalue weighted by molar-refractivity contribution is 0.656. The monoisotopic (exact) mass is 301 g/mol. The van der Waals surface area contributed by atoms with Gasteiger partial charge in [-0.05, 0) is 19.1 Å². The lowest BCUT2D eigenvalue weighted by Gasteiger charge is -2.30. The standard InChI is InChI=1S/C15H16ClN5/c1-9-12-8-21(4-3-14(12)20(2)19-9)15-6-10(16)5-13-11(15)7-17-18-13/h5-7H,3-4,8H2,1-2H3,(H,17,18). The van der Waals surface area contributed by atoms with Crippen LogP contribution in [0.3, 0.4) is 0 Å². The van der Waals surface area contributed by atoms with Crippen molar-refractivity contribution in [3.05, 3.63) is 40.3 Å². The quantitative estimate of drug-likeness (QED) is 0.752. The van der Waals surface area contributed by atoms with E-state index in [1.165, 1.54) is 11.3 Å². The second kappa shape index (κ2) is 4.49. The van der Waals surface area contributed by atoms with Gasteiger partial charge in [0.1, 0.15) is 0 Å². The summed E-state index contributed by atoms with van der Waals surface area (Å²) in [6.45, 7) is 3.91. The molecule has 0 atom stereocenters. The van der Waals surface area contributed by atoms with Crippen molar-refractivity contribution in [1.29, 1.82) is 0 Å². The first-order valence-electron chi connectivity index (χ1n) is 7.02. The van der Waals surface area contributed by atoms with E-state index in [-0.39, 0.29) is 0 Å². The van der Waals surface area contributed by atoms with E-state index in [1.54, 1.807) is 0 Å². The van der Waals surface area contributed by atoms with Crippen molar-refractivity contribution in [3.63, 3.8) is 0 Å². The van der Waals surface area contributed by atoms with Crippen molar-refractivity contribution < 1.29 is 0 Å². The molecule has 0 spiro atoms. The summed E-state index contributed by atoms with van der Waals surface area (Å²) in [5.74, 6) is 0. The van der Waals surface area contributed by atoms with Crippen LogP contribution in [0.1, 0.15) is 17.0 Å². The van der Waals surface area contributed by atoms with Gasteiger partial charge < -0.3 is 4.90 Å². The second-order valence-electron chi connectivity index (χ2n) is 5.56. The van der Waals surface area contributed by atoms with Crippen LogP contribution in [-0.2, 0) is 20.0 Å². The van der Waals surface area contributed by atoms with E-state index in [1.807, 2.05) is 30.1 Å². The molecule has 1 N–H and O–H groups in total. The third-order valence-electron chi connectivity index (χ3n) is 4.29. The van der Waals surface area contributed by atoms with Crippen molar-refractivity contribution in [2.45, 2.75) is 19.9 Å². The zero-order valence-corrected chi connectivity index (χ0v) is 12.8. The Bertz CT molecular complexity index is 832. The fraction of sp³-hybridized carbons (Fsp3) is 0.333. The number of rotatable bonds is 1. The van der Waals surface area contributed by atoms with E-state index in [2.05, 4.69) is 27.1 Å². The summed E-state index contributed by atoms with van der Waals surface area (Å²) < 4.78 is 2.01. The van der Waals surface area contributed by atoms with Crippen LogP contribution in [-0.4, -0.2) is 26.5 Å². The molecule has 3 heterocycles. The summed E-state index contributed by atoms with van der Waals surface area (Å²) in [5.41, 5.74) is 5.91. The molecule has 0 bridgehead atoms. The van der Waals surface area contributed by atoms with Crippen LogP contribution < -0.4 is 4.90 Å².